The molecular formula is C8H15NO6. The van der Waals surface area contributed by atoms with E-state index in [4.69, 9.17) is 6.48 Å². The third kappa shape index (κ3) is 2.64. The summed E-state index contributed by atoms with van der Waals surface area (Å²) in [4.78, 5) is 10.8. The smallest absolute Gasteiger partial charge is 0.217 e. The van der Waals surface area contributed by atoms with E-state index < -0.39 is 43.1 Å². The number of rotatable bonds is 2. The predicted molar refractivity (Wildman–Crippen MR) is 47.6 cm³/mol. The van der Waals surface area contributed by atoms with Crippen LogP contribution in [0.25, 0.3) is 0 Å². The molecule has 1 fully saturated rings. The Morgan fingerprint density at radius 1 is 1.47 bits per heavy atom. The topological polar surface area (TPSA) is 119 Å². The fourth-order valence-corrected chi connectivity index (χ4v) is 1.37. The van der Waals surface area contributed by atoms with Crippen LogP contribution in [0.1, 0.15) is 8.29 Å². The Balaban J connectivity index is 2.87. The maximum absolute atomic E-state index is 10.8. The number of aliphatic hydroxyl groups is 4. The summed E-state index contributed by atoms with van der Waals surface area (Å²) in [6.45, 7) is 0.472. The molecule has 88 valence electrons. The highest BCUT2D eigenvalue weighted by Gasteiger charge is 2.43. The van der Waals surface area contributed by atoms with Gasteiger partial charge in [-0.2, -0.15) is 0 Å². The number of amides is 1. The van der Waals surface area contributed by atoms with Gasteiger partial charge in [0, 0.05) is 6.92 Å². The fraction of sp³-hybridized carbons (Fsp3) is 0.875. The molecular weight excluding hydrogens is 206 g/mol. The number of ether oxygens (including phenoxy) is 1. The van der Waals surface area contributed by atoms with Gasteiger partial charge >= 0.3 is 0 Å². The quantitative estimate of drug-likeness (QED) is 0.338. The van der Waals surface area contributed by atoms with Crippen molar-refractivity contribution in [3.05, 3.63) is 0 Å². The van der Waals surface area contributed by atoms with Crippen molar-refractivity contribution in [1.29, 1.82) is 0 Å². The summed E-state index contributed by atoms with van der Waals surface area (Å²) in [5.41, 5.74) is 0. The van der Waals surface area contributed by atoms with Crippen molar-refractivity contribution in [1.82, 2.24) is 5.32 Å². The molecule has 1 amide bonds. The molecule has 0 aromatic heterocycles. The lowest BCUT2D eigenvalue weighted by Gasteiger charge is -2.40. The summed E-state index contributed by atoms with van der Waals surface area (Å²) >= 11 is 0. The van der Waals surface area contributed by atoms with E-state index in [-0.39, 0.29) is 0 Å². The molecule has 5 atom stereocenters. The van der Waals surface area contributed by atoms with Crippen LogP contribution in [0.4, 0.5) is 0 Å². The Bertz CT molecular complexity index is 273. The molecule has 1 saturated heterocycles. The summed E-state index contributed by atoms with van der Waals surface area (Å²) in [6, 6.07) is -1.48. The van der Waals surface area contributed by atoms with Crippen molar-refractivity contribution in [2.75, 3.05) is 6.61 Å². The minimum absolute atomic E-state index is 0.590. The second-order valence-corrected chi connectivity index (χ2v) is 3.34. The normalized spacial score (nSPS) is 47.1. The van der Waals surface area contributed by atoms with Crippen molar-refractivity contribution < 1.29 is 31.3 Å². The average Bonchev–Trinajstić information content (AvgIpc) is 2.18. The van der Waals surface area contributed by atoms with E-state index in [2.05, 4.69) is 10.1 Å². The number of nitrogens with one attached hydrogen (secondary N) is 1. The van der Waals surface area contributed by atoms with Crippen molar-refractivity contribution in [2.45, 2.75) is 37.5 Å². The number of carbonyl (C=O) groups excluding carboxylic acids is 1. The van der Waals surface area contributed by atoms with Crippen molar-refractivity contribution in [3.8, 4) is 0 Å². The maximum atomic E-state index is 10.8. The van der Waals surface area contributed by atoms with E-state index in [1.807, 2.05) is 0 Å². The minimum Gasteiger partial charge on any atom is -0.394 e. The van der Waals surface area contributed by atoms with Gasteiger partial charge in [-0.25, -0.2) is 0 Å². The summed E-state index contributed by atoms with van der Waals surface area (Å²) in [6.07, 6.45) is -6.97. The lowest BCUT2D eigenvalue weighted by molar-refractivity contribution is -0.253. The van der Waals surface area contributed by atoms with Gasteiger partial charge in [-0.1, -0.05) is 0 Å². The molecule has 0 saturated carbocycles. The molecule has 7 heteroatoms. The van der Waals surface area contributed by atoms with Gasteiger partial charge in [-0.3, -0.25) is 4.79 Å². The van der Waals surface area contributed by atoms with Crippen molar-refractivity contribution >= 4 is 5.91 Å². The first-order valence-corrected chi connectivity index (χ1v) is 4.44. The van der Waals surface area contributed by atoms with Crippen LogP contribution >= 0.6 is 0 Å². The number of hydrogen-bond acceptors (Lipinski definition) is 6. The van der Waals surface area contributed by atoms with Gasteiger partial charge in [0.05, 0.1) is 7.98 Å². The average molecular weight is 222 g/mol. The molecule has 7 nitrogen and oxygen atoms in total. The standard InChI is InChI=1S/C8H15NO6/c1-3(11)9-5-7(13)6(12)4(2-10)15-8(5)14/h4-8,10,12-14H,2H2,1H3,(H,9,11)/t4-,5-,6+,7-,8?/m1/s1/i8D. The lowest BCUT2D eigenvalue weighted by atomic mass is 9.97. The molecule has 0 aromatic carbocycles. The van der Waals surface area contributed by atoms with E-state index in [1.165, 1.54) is 0 Å². The van der Waals surface area contributed by atoms with Gasteiger partial charge in [0.2, 0.25) is 5.91 Å². The largest absolute Gasteiger partial charge is 0.394 e. The molecule has 0 aromatic rings. The van der Waals surface area contributed by atoms with Crippen LogP contribution in [-0.2, 0) is 9.53 Å². The third-order valence-electron chi connectivity index (χ3n) is 2.15. The van der Waals surface area contributed by atoms with Crippen LogP contribution in [0.15, 0.2) is 0 Å². The molecule has 0 radical (unpaired) electrons. The monoisotopic (exact) mass is 222 g/mol. The highest BCUT2D eigenvalue weighted by Crippen LogP contribution is 2.19. The second kappa shape index (κ2) is 4.86. The predicted octanol–water partition coefficient (Wildman–Crippen LogP) is -3.08. The van der Waals surface area contributed by atoms with E-state index in [0.717, 1.165) is 6.92 Å². The SMILES string of the molecule is [2H]C1(O)O[C@H](CO)[C@H](O)[C@H](O)[C@H]1NC(C)=O. The summed E-state index contributed by atoms with van der Waals surface area (Å²) in [7, 11) is 0. The Hall–Kier alpha value is -0.730. The fourth-order valence-electron chi connectivity index (χ4n) is 1.37. The van der Waals surface area contributed by atoms with Gasteiger partial charge < -0.3 is 30.5 Å². The van der Waals surface area contributed by atoms with Gasteiger partial charge in [0.1, 0.15) is 24.4 Å². The maximum Gasteiger partial charge on any atom is 0.217 e. The summed E-state index contributed by atoms with van der Waals surface area (Å²) in [5.74, 6) is -0.590. The highest BCUT2D eigenvalue weighted by atomic mass is 16.6. The summed E-state index contributed by atoms with van der Waals surface area (Å²) in [5, 5.41) is 39.5. The van der Waals surface area contributed by atoms with E-state index >= 15 is 0 Å². The molecule has 15 heavy (non-hydrogen) atoms. The van der Waals surface area contributed by atoms with Crippen LogP contribution in [0.2, 0.25) is 0 Å². The Kier molecular flexibility index (Phi) is 3.49. The summed E-state index contributed by atoms with van der Waals surface area (Å²) < 4.78 is 12.0. The zero-order chi connectivity index (χ0) is 12.5. The van der Waals surface area contributed by atoms with Gasteiger partial charge in [0.15, 0.2) is 6.27 Å². The Labute approximate surface area is 87.7 Å². The first-order valence-electron chi connectivity index (χ1n) is 4.94. The van der Waals surface area contributed by atoms with Gasteiger partial charge in [0.25, 0.3) is 0 Å². The molecule has 1 heterocycles. The van der Waals surface area contributed by atoms with Crippen LogP contribution in [0.5, 0.6) is 0 Å². The van der Waals surface area contributed by atoms with Gasteiger partial charge in [-0.15, -0.1) is 0 Å². The minimum atomic E-state index is -2.60. The van der Waals surface area contributed by atoms with Crippen molar-refractivity contribution in [2.24, 2.45) is 0 Å². The lowest BCUT2D eigenvalue weighted by Crippen LogP contribution is -2.63. The first kappa shape index (κ1) is 10.8. The number of carbonyl (C=O) groups is 1. The number of hydrogen-bond donors (Lipinski definition) is 5. The van der Waals surface area contributed by atoms with Crippen molar-refractivity contribution in [3.63, 3.8) is 0 Å². The molecule has 0 bridgehead atoms. The molecule has 1 rings (SSSR count). The molecule has 0 aliphatic carbocycles. The van der Waals surface area contributed by atoms with E-state index in [0.29, 0.717) is 0 Å². The molecule has 1 aliphatic rings. The van der Waals surface area contributed by atoms with E-state index in [1.54, 1.807) is 0 Å². The molecule has 5 N–H and O–H groups in total. The molecule has 0 spiro atoms. The van der Waals surface area contributed by atoms with E-state index in [9.17, 15) is 20.1 Å². The Morgan fingerprint density at radius 2 is 2.07 bits per heavy atom. The van der Waals surface area contributed by atoms with Crippen LogP contribution in [-0.4, -0.2) is 63.6 Å². The molecule has 1 aliphatic heterocycles. The zero-order valence-corrected chi connectivity index (χ0v) is 8.12. The number of aliphatic hydroxyl groups excluding tert-OH is 3. The van der Waals surface area contributed by atoms with Crippen LogP contribution in [0.3, 0.4) is 0 Å². The second-order valence-electron chi connectivity index (χ2n) is 3.34. The van der Waals surface area contributed by atoms with Crippen LogP contribution in [0, 0.1) is 0 Å². The first-order chi connectivity index (χ1) is 7.29. The third-order valence-corrected chi connectivity index (χ3v) is 2.15. The Morgan fingerprint density at radius 3 is 2.53 bits per heavy atom. The van der Waals surface area contributed by atoms with Gasteiger partial charge in [-0.05, 0) is 0 Å². The highest BCUT2D eigenvalue weighted by molar-refractivity contribution is 5.73. The molecule has 1 unspecified atom stereocenters. The van der Waals surface area contributed by atoms with Crippen LogP contribution < -0.4 is 5.32 Å². The zero-order valence-electron chi connectivity index (χ0n) is 9.12.